The van der Waals surface area contributed by atoms with E-state index in [0.717, 1.165) is 12.8 Å². The smallest absolute Gasteiger partial charge is 0.0792 e. The molecule has 3 nitrogen and oxygen atoms in total. The van der Waals surface area contributed by atoms with Crippen molar-refractivity contribution >= 4 is 11.3 Å². The van der Waals surface area contributed by atoms with Gasteiger partial charge in [-0.3, -0.25) is 11.3 Å². The van der Waals surface area contributed by atoms with Gasteiger partial charge in [0.05, 0.1) is 5.60 Å². The number of thiophene rings is 1. The van der Waals surface area contributed by atoms with E-state index in [2.05, 4.69) is 36.1 Å². The third-order valence-corrected chi connectivity index (χ3v) is 3.59. The van der Waals surface area contributed by atoms with E-state index in [1.165, 1.54) is 5.56 Å². The van der Waals surface area contributed by atoms with Crippen molar-refractivity contribution in [3.05, 3.63) is 22.4 Å². The van der Waals surface area contributed by atoms with Crippen LogP contribution in [-0.2, 0) is 11.2 Å². The molecule has 3 N–H and O–H groups in total. The maximum Gasteiger partial charge on any atom is 0.0792 e. The Balaban J connectivity index is 2.48. The van der Waals surface area contributed by atoms with Gasteiger partial charge in [0.15, 0.2) is 0 Å². The quantitative estimate of drug-likeness (QED) is 0.570. The molecule has 0 saturated heterocycles. The largest absolute Gasteiger partial charge is 0.374 e. The summed E-state index contributed by atoms with van der Waals surface area (Å²) >= 11 is 1.73. The van der Waals surface area contributed by atoms with Gasteiger partial charge in [-0.2, -0.15) is 11.3 Å². The van der Waals surface area contributed by atoms with Crippen molar-refractivity contribution in [2.45, 2.75) is 45.3 Å². The molecule has 1 rings (SSSR count). The molecule has 92 valence electrons. The molecule has 1 unspecified atom stereocenters. The molecule has 1 heterocycles. The number of hydrazine groups is 1. The second-order valence-electron chi connectivity index (χ2n) is 4.43. The van der Waals surface area contributed by atoms with Crippen LogP contribution in [0.2, 0.25) is 0 Å². The summed E-state index contributed by atoms with van der Waals surface area (Å²) in [5, 5.41) is 4.29. The van der Waals surface area contributed by atoms with E-state index in [1.54, 1.807) is 11.3 Å². The fourth-order valence-electron chi connectivity index (χ4n) is 1.85. The van der Waals surface area contributed by atoms with Crippen LogP contribution in [0.25, 0.3) is 0 Å². The van der Waals surface area contributed by atoms with E-state index in [1.807, 2.05) is 6.92 Å². The monoisotopic (exact) mass is 242 g/mol. The lowest BCUT2D eigenvalue weighted by molar-refractivity contribution is -0.0400. The second kappa shape index (κ2) is 6.35. The molecular formula is C12H22N2OS. The lowest BCUT2D eigenvalue weighted by Gasteiger charge is -2.33. The maximum absolute atomic E-state index is 5.71. The fraction of sp³-hybridized carbons (Fsp3) is 0.667. The van der Waals surface area contributed by atoms with Gasteiger partial charge in [-0.25, -0.2) is 0 Å². The van der Waals surface area contributed by atoms with Crippen molar-refractivity contribution in [1.82, 2.24) is 5.43 Å². The molecule has 0 amide bonds. The fourth-order valence-corrected chi connectivity index (χ4v) is 2.55. The van der Waals surface area contributed by atoms with Crippen molar-refractivity contribution in [1.29, 1.82) is 0 Å². The van der Waals surface area contributed by atoms with Crippen LogP contribution in [0.15, 0.2) is 16.8 Å². The molecule has 0 aromatic carbocycles. The van der Waals surface area contributed by atoms with Gasteiger partial charge in [-0.1, -0.05) is 0 Å². The topological polar surface area (TPSA) is 47.3 Å². The lowest BCUT2D eigenvalue weighted by atomic mass is 9.93. The van der Waals surface area contributed by atoms with Crippen molar-refractivity contribution in [3.63, 3.8) is 0 Å². The van der Waals surface area contributed by atoms with E-state index in [4.69, 9.17) is 10.6 Å². The van der Waals surface area contributed by atoms with Crippen LogP contribution in [0.3, 0.4) is 0 Å². The van der Waals surface area contributed by atoms with E-state index in [9.17, 15) is 0 Å². The molecule has 0 spiro atoms. The summed E-state index contributed by atoms with van der Waals surface area (Å²) in [5.41, 5.74) is 4.02. The zero-order valence-corrected chi connectivity index (χ0v) is 11.1. The first-order valence-corrected chi connectivity index (χ1v) is 6.65. The van der Waals surface area contributed by atoms with Crippen molar-refractivity contribution in [3.8, 4) is 0 Å². The summed E-state index contributed by atoms with van der Waals surface area (Å²) in [6, 6.07) is 2.33. The van der Waals surface area contributed by atoms with Gasteiger partial charge in [0.2, 0.25) is 0 Å². The van der Waals surface area contributed by atoms with Crippen molar-refractivity contribution in [2.24, 2.45) is 5.84 Å². The first-order valence-electron chi connectivity index (χ1n) is 5.71. The summed E-state index contributed by atoms with van der Waals surface area (Å²) in [7, 11) is 0. The summed E-state index contributed by atoms with van der Waals surface area (Å²) < 4.78 is 5.71. The van der Waals surface area contributed by atoms with Crippen LogP contribution in [0.4, 0.5) is 0 Å². The minimum absolute atomic E-state index is 0.173. The molecule has 0 fully saturated rings. The predicted octanol–water partition coefficient (Wildman–Crippen LogP) is 2.33. The molecule has 4 heteroatoms. The molecular weight excluding hydrogens is 220 g/mol. The molecule has 0 aliphatic carbocycles. The van der Waals surface area contributed by atoms with E-state index >= 15 is 0 Å². The second-order valence-corrected chi connectivity index (χ2v) is 5.21. The van der Waals surface area contributed by atoms with Gasteiger partial charge >= 0.3 is 0 Å². The molecule has 0 aliphatic rings. The standard InChI is InChI=1S/C12H22N2OS/c1-4-15-12(2,3)11(14-13)6-5-10-7-8-16-9-10/h7-9,11,14H,4-6,13H2,1-3H3. The van der Waals surface area contributed by atoms with Crippen molar-refractivity contribution in [2.75, 3.05) is 6.61 Å². The van der Waals surface area contributed by atoms with E-state index in [-0.39, 0.29) is 11.6 Å². The molecule has 16 heavy (non-hydrogen) atoms. The average molecular weight is 242 g/mol. The Bertz CT molecular complexity index is 285. The zero-order valence-electron chi connectivity index (χ0n) is 10.3. The predicted molar refractivity (Wildman–Crippen MR) is 69.5 cm³/mol. The molecule has 0 radical (unpaired) electrons. The number of hydrogen-bond donors (Lipinski definition) is 2. The summed E-state index contributed by atoms with van der Waals surface area (Å²) in [5.74, 6) is 5.60. The van der Waals surface area contributed by atoms with Crippen molar-refractivity contribution < 1.29 is 4.74 Å². The molecule has 1 aromatic heterocycles. The van der Waals surface area contributed by atoms with Gasteiger partial charge in [0.1, 0.15) is 0 Å². The number of hydrogen-bond acceptors (Lipinski definition) is 4. The summed E-state index contributed by atoms with van der Waals surface area (Å²) in [6.07, 6.45) is 2.02. The molecule has 0 saturated carbocycles. The highest BCUT2D eigenvalue weighted by Gasteiger charge is 2.28. The van der Waals surface area contributed by atoms with E-state index in [0.29, 0.717) is 6.61 Å². The third kappa shape index (κ3) is 3.87. The van der Waals surface area contributed by atoms with Crippen LogP contribution >= 0.6 is 11.3 Å². The third-order valence-electron chi connectivity index (χ3n) is 2.86. The zero-order chi connectivity index (χ0) is 12.0. The number of rotatable bonds is 7. The first-order chi connectivity index (χ1) is 7.60. The van der Waals surface area contributed by atoms with Crippen LogP contribution < -0.4 is 11.3 Å². The van der Waals surface area contributed by atoms with Gasteiger partial charge in [-0.15, -0.1) is 0 Å². The average Bonchev–Trinajstić information content (AvgIpc) is 2.71. The Morgan fingerprint density at radius 3 is 2.81 bits per heavy atom. The Labute approximate surface area is 102 Å². The lowest BCUT2D eigenvalue weighted by Crippen LogP contribution is -2.51. The highest BCUT2D eigenvalue weighted by Crippen LogP contribution is 2.19. The maximum atomic E-state index is 5.71. The Morgan fingerprint density at radius 1 is 1.56 bits per heavy atom. The van der Waals surface area contributed by atoms with Crippen LogP contribution in [0.1, 0.15) is 32.8 Å². The Hall–Kier alpha value is -0.420. The Morgan fingerprint density at radius 2 is 2.31 bits per heavy atom. The SMILES string of the molecule is CCOC(C)(C)C(CCc1ccsc1)NN. The number of ether oxygens (including phenoxy) is 1. The van der Waals surface area contributed by atoms with Gasteiger partial charge in [-0.05, 0) is 56.0 Å². The minimum atomic E-state index is -0.223. The molecule has 1 aromatic rings. The minimum Gasteiger partial charge on any atom is -0.374 e. The van der Waals surface area contributed by atoms with E-state index < -0.39 is 0 Å². The number of aryl methyl sites for hydroxylation is 1. The van der Waals surface area contributed by atoms with Crippen LogP contribution in [0, 0.1) is 0 Å². The van der Waals surface area contributed by atoms with Crippen LogP contribution in [-0.4, -0.2) is 18.2 Å². The summed E-state index contributed by atoms with van der Waals surface area (Å²) in [6.45, 7) is 6.88. The molecule has 1 atom stereocenters. The number of nitrogens with two attached hydrogens (primary N) is 1. The van der Waals surface area contributed by atoms with Gasteiger partial charge < -0.3 is 4.74 Å². The molecule has 0 aliphatic heterocycles. The molecule has 0 bridgehead atoms. The Kier molecular flexibility index (Phi) is 5.41. The number of nitrogens with one attached hydrogen (secondary N) is 1. The normalized spacial score (nSPS) is 14.0. The summed E-state index contributed by atoms with van der Waals surface area (Å²) in [4.78, 5) is 0. The van der Waals surface area contributed by atoms with Crippen LogP contribution in [0.5, 0.6) is 0 Å². The highest BCUT2D eigenvalue weighted by molar-refractivity contribution is 7.07. The van der Waals surface area contributed by atoms with Gasteiger partial charge in [0.25, 0.3) is 0 Å². The highest BCUT2D eigenvalue weighted by atomic mass is 32.1. The van der Waals surface area contributed by atoms with Gasteiger partial charge in [0, 0.05) is 12.6 Å². The first kappa shape index (κ1) is 13.6.